The third-order valence-electron chi connectivity index (χ3n) is 3.05. The highest BCUT2D eigenvalue weighted by Crippen LogP contribution is 2.37. The SMILES string of the molecule is N#CC1=C(S(=O)C(F)F)C(=N)[NH+](c2c(Cl)cc(C(F)(F)F)cc2Cl)N1. The van der Waals surface area contributed by atoms with Gasteiger partial charge in [0.15, 0.2) is 16.3 Å². The van der Waals surface area contributed by atoms with Crippen LogP contribution in [0, 0.1) is 16.7 Å². The Morgan fingerprint density at radius 1 is 1.28 bits per heavy atom. The maximum absolute atomic E-state index is 12.8. The van der Waals surface area contributed by atoms with Gasteiger partial charge < -0.3 is 0 Å². The van der Waals surface area contributed by atoms with Gasteiger partial charge in [0.2, 0.25) is 0 Å². The summed E-state index contributed by atoms with van der Waals surface area (Å²) in [5.74, 6) is -4.13. The van der Waals surface area contributed by atoms with E-state index in [4.69, 9.17) is 33.9 Å². The highest BCUT2D eigenvalue weighted by Gasteiger charge is 2.43. The highest BCUT2D eigenvalue weighted by atomic mass is 35.5. The molecule has 0 saturated carbocycles. The third-order valence-corrected chi connectivity index (χ3v) is 4.78. The number of hydrogen-bond acceptors (Lipinski definition) is 4. The van der Waals surface area contributed by atoms with Gasteiger partial charge in [0.05, 0.1) is 5.56 Å². The van der Waals surface area contributed by atoms with Gasteiger partial charge in [0.25, 0.3) is 5.84 Å². The Morgan fingerprint density at radius 3 is 2.20 bits per heavy atom. The van der Waals surface area contributed by atoms with Crippen LogP contribution in [-0.4, -0.2) is 15.8 Å². The number of quaternary nitrogens is 1. The number of allylic oxidation sites excluding steroid dienone is 1. The van der Waals surface area contributed by atoms with Gasteiger partial charge in [-0.2, -0.15) is 32.2 Å². The normalized spacial score (nSPS) is 19.2. The molecule has 0 amide bonds. The van der Waals surface area contributed by atoms with Crippen molar-refractivity contribution in [2.24, 2.45) is 0 Å². The molecule has 1 aromatic rings. The Bertz CT molecular complexity index is 826. The molecule has 2 unspecified atom stereocenters. The molecular weight excluding hydrogens is 414 g/mol. The van der Waals surface area contributed by atoms with Crippen molar-refractivity contribution in [3.8, 4) is 6.07 Å². The first-order valence-electron chi connectivity index (χ1n) is 6.12. The molecule has 1 heterocycles. The molecular formula is C12H6Cl2F5N4OS+. The fourth-order valence-electron chi connectivity index (χ4n) is 2.01. The number of nitriles is 1. The Kier molecular flexibility index (Phi) is 5.38. The van der Waals surface area contributed by atoms with Crippen LogP contribution in [0.4, 0.5) is 27.6 Å². The summed E-state index contributed by atoms with van der Waals surface area (Å²) in [7, 11) is -2.98. The standard InChI is InChI=1S/C12H5Cl2F5N4OS/c13-5-1-4(12(17,18)19)2-6(14)8(5)23-10(21)9(7(3-20)22-23)25(24)11(15)16/h1-2,11,21-22H/p+1. The second kappa shape index (κ2) is 6.87. The molecule has 2 atom stereocenters. The Hall–Kier alpha value is -1.74. The number of amidine groups is 1. The molecule has 5 nitrogen and oxygen atoms in total. The van der Waals surface area contributed by atoms with E-state index in [1.54, 1.807) is 0 Å². The first-order chi connectivity index (χ1) is 11.5. The molecule has 2 rings (SSSR count). The quantitative estimate of drug-likeness (QED) is 0.658. The molecule has 0 spiro atoms. The molecule has 13 heteroatoms. The topological polar surface area (TPSA) is 81.2 Å². The number of rotatable bonds is 3. The summed E-state index contributed by atoms with van der Waals surface area (Å²) in [5, 5.41) is 15.4. The van der Waals surface area contributed by atoms with Crippen molar-refractivity contribution in [3.63, 3.8) is 0 Å². The summed E-state index contributed by atoms with van der Waals surface area (Å²) < 4.78 is 75.2. The van der Waals surface area contributed by atoms with Crippen LogP contribution in [0.2, 0.25) is 10.0 Å². The monoisotopic (exact) mass is 419 g/mol. The van der Waals surface area contributed by atoms with Crippen LogP contribution in [0.5, 0.6) is 0 Å². The summed E-state index contributed by atoms with van der Waals surface area (Å²) in [4.78, 5) is -0.778. The lowest BCUT2D eigenvalue weighted by Gasteiger charge is -2.16. The smallest absolute Gasteiger partial charge is 0.248 e. The minimum atomic E-state index is -4.73. The number of halogens is 7. The van der Waals surface area contributed by atoms with E-state index < -0.39 is 54.8 Å². The van der Waals surface area contributed by atoms with Crippen LogP contribution < -0.4 is 10.4 Å². The van der Waals surface area contributed by atoms with E-state index >= 15 is 0 Å². The lowest BCUT2D eigenvalue weighted by molar-refractivity contribution is -0.774. The molecule has 0 aliphatic carbocycles. The van der Waals surface area contributed by atoms with Gasteiger partial charge in [0.1, 0.15) is 26.9 Å². The van der Waals surface area contributed by atoms with Crippen molar-refractivity contribution in [3.05, 3.63) is 38.3 Å². The fraction of sp³-hybridized carbons (Fsp3) is 0.167. The van der Waals surface area contributed by atoms with Gasteiger partial charge in [-0.05, 0) is 12.1 Å². The van der Waals surface area contributed by atoms with Gasteiger partial charge in [-0.25, -0.2) is 15.0 Å². The maximum Gasteiger partial charge on any atom is 0.416 e. The zero-order valence-corrected chi connectivity index (χ0v) is 14.0. The average Bonchev–Trinajstić information content (AvgIpc) is 2.81. The highest BCUT2D eigenvalue weighted by molar-refractivity contribution is 7.90. The van der Waals surface area contributed by atoms with Crippen LogP contribution in [0.1, 0.15) is 5.56 Å². The van der Waals surface area contributed by atoms with E-state index in [1.165, 1.54) is 6.07 Å². The van der Waals surface area contributed by atoms with Gasteiger partial charge >= 0.3 is 11.9 Å². The molecule has 0 fully saturated rings. The summed E-state index contributed by atoms with van der Waals surface area (Å²) >= 11 is 11.6. The first-order valence-corrected chi connectivity index (χ1v) is 8.09. The molecule has 1 aliphatic heterocycles. The van der Waals surface area contributed by atoms with Crippen molar-refractivity contribution < 1.29 is 31.2 Å². The third kappa shape index (κ3) is 3.62. The molecule has 0 radical (unpaired) electrons. The summed E-state index contributed by atoms with van der Waals surface area (Å²) in [6.45, 7) is 0. The van der Waals surface area contributed by atoms with Gasteiger partial charge in [-0.15, -0.1) is 0 Å². The van der Waals surface area contributed by atoms with Crippen molar-refractivity contribution in [2.75, 3.05) is 0 Å². The molecule has 1 aliphatic rings. The zero-order chi connectivity index (χ0) is 19.1. The minimum Gasteiger partial charge on any atom is -0.248 e. The Balaban J connectivity index is 2.51. The van der Waals surface area contributed by atoms with Crippen LogP contribution in [0.3, 0.4) is 0 Å². The Labute approximate surface area is 149 Å². The van der Waals surface area contributed by atoms with Gasteiger partial charge in [-0.1, -0.05) is 23.2 Å². The van der Waals surface area contributed by atoms with E-state index in [0.717, 1.165) is 0 Å². The minimum absolute atomic E-state index is 0.296. The molecule has 0 saturated heterocycles. The van der Waals surface area contributed by atoms with Crippen molar-refractivity contribution >= 4 is 45.5 Å². The number of alkyl halides is 5. The predicted octanol–water partition coefficient (Wildman–Crippen LogP) is 2.73. The lowest BCUT2D eigenvalue weighted by Crippen LogP contribution is -3.14. The molecule has 25 heavy (non-hydrogen) atoms. The number of nitrogens with one attached hydrogen (secondary N) is 3. The largest absolute Gasteiger partial charge is 0.416 e. The van der Waals surface area contributed by atoms with E-state index in [9.17, 15) is 26.2 Å². The van der Waals surface area contributed by atoms with Crippen LogP contribution >= 0.6 is 23.2 Å². The second-order valence-corrected chi connectivity index (χ2v) is 6.74. The number of hydrogen-bond donors (Lipinski definition) is 3. The van der Waals surface area contributed by atoms with Gasteiger partial charge in [0, 0.05) is 0 Å². The molecule has 134 valence electrons. The van der Waals surface area contributed by atoms with Crippen molar-refractivity contribution in [2.45, 2.75) is 11.9 Å². The van der Waals surface area contributed by atoms with E-state index in [-0.39, 0.29) is 10.7 Å². The summed E-state index contributed by atoms with van der Waals surface area (Å²) in [6.07, 6.45) is -4.73. The van der Waals surface area contributed by atoms with Crippen LogP contribution in [0.25, 0.3) is 0 Å². The Morgan fingerprint density at radius 2 is 1.80 bits per heavy atom. The maximum atomic E-state index is 12.8. The van der Waals surface area contributed by atoms with Crippen molar-refractivity contribution in [1.29, 1.82) is 10.7 Å². The number of nitrogens with zero attached hydrogens (tertiary/aromatic N) is 1. The lowest BCUT2D eigenvalue weighted by atomic mass is 10.2. The van der Waals surface area contributed by atoms with E-state index in [1.807, 2.05) is 0 Å². The van der Waals surface area contributed by atoms with Crippen LogP contribution in [0.15, 0.2) is 22.7 Å². The summed E-state index contributed by atoms with van der Waals surface area (Å²) in [5.41, 5.74) is 0.227. The second-order valence-electron chi connectivity index (χ2n) is 4.56. The number of benzene rings is 1. The summed E-state index contributed by atoms with van der Waals surface area (Å²) in [6, 6.07) is 2.55. The first kappa shape index (κ1) is 19.6. The van der Waals surface area contributed by atoms with E-state index in [2.05, 4.69) is 5.43 Å². The van der Waals surface area contributed by atoms with Gasteiger partial charge in [-0.3, -0.25) is 0 Å². The van der Waals surface area contributed by atoms with Crippen LogP contribution in [-0.2, 0) is 17.0 Å². The fourth-order valence-corrected chi connectivity index (χ4v) is 3.47. The molecule has 0 aromatic heterocycles. The average molecular weight is 420 g/mol. The molecule has 0 bridgehead atoms. The van der Waals surface area contributed by atoms with E-state index in [0.29, 0.717) is 12.1 Å². The van der Waals surface area contributed by atoms with Crippen molar-refractivity contribution in [1.82, 2.24) is 5.43 Å². The molecule has 3 N–H and O–H groups in total. The molecule has 1 aromatic carbocycles. The predicted molar refractivity (Wildman–Crippen MR) is 79.7 cm³/mol. The zero-order valence-electron chi connectivity index (χ0n) is 11.6.